The van der Waals surface area contributed by atoms with Crippen LogP contribution in [0.4, 0.5) is 8.78 Å². The van der Waals surface area contributed by atoms with E-state index in [2.05, 4.69) is 10.3 Å². The van der Waals surface area contributed by atoms with Crippen molar-refractivity contribution in [1.82, 2.24) is 24.6 Å². The SMILES string of the molecule is O=C1c2c(O)c(=O)ccn2N([C@@H]2c3ccccc3SCc3c2ccc(F)c3F)[C@@H]2c3cnnn3CCN12. The maximum atomic E-state index is 15.2. The molecule has 0 fully saturated rings. The van der Waals surface area contributed by atoms with Gasteiger partial charge in [0.25, 0.3) is 5.91 Å². The summed E-state index contributed by atoms with van der Waals surface area (Å²) in [5.74, 6) is -2.86. The largest absolute Gasteiger partial charge is 0.502 e. The third-order valence-corrected chi connectivity index (χ3v) is 8.27. The Morgan fingerprint density at radius 3 is 2.73 bits per heavy atom. The van der Waals surface area contributed by atoms with Crippen LogP contribution in [0.15, 0.2) is 64.5 Å². The third-order valence-electron chi connectivity index (χ3n) is 7.15. The highest BCUT2D eigenvalue weighted by molar-refractivity contribution is 7.98. The van der Waals surface area contributed by atoms with Crippen molar-refractivity contribution in [3.05, 3.63) is 105 Å². The quantitative estimate of drug-likeness (QED) is 0.412. The molecule has 3 aliphatic rings. The van der Waals surface area contributed by atoms with Crippen LogP contribution in [0.25, 0.3) is 0 Å². The summed E-state index contributed by atoms with van der Waals surface area (Å²) in [6.45, 7) is 0.614. The number of thioether (sulfide) groups is 1. The Bertz CT molecular complexity index is 1670. The summed E-state index contributed by atoms with van der Waals surface area (Å²) in [4.78, 5) is 28.5. The standard InChI is InChI=1S/C25H18F2N6O3S/c26-16-6-5-13-15(20(16)27)12-37-19-4-2-1-3-14(19)21(13)33-24-17-11-28-29-31(17)10-9-30(24)25(36)22-23(35)18(34)7-8-32(22)33/h1-8,11,21,24,35H,9-10,12H2/t21-,24+/m0/s1. The molecule has 37 heavy (non-hydrogen) atoms. The lowest BCUT2D eigenvalue weighted by Crippen LogP contribution is -2.60. The molecule has 9 nitrogen and oxygen atoms in total. The molecular weight excluding hydrogens is 502 g/mol. The average molecular weight is 521 g/mol. The number of halogens is 2. The lowest BCUT2D eigenvalue weighted by molar-refractivity contribution is 0.0464. The Labute approximate surface area is 212 Å². The van der Waals surface area contributed by atoms with Crippen molar-refractivity contribution in [2.75, 3.05) is 11.6 Å². The maximum absolute atomic E-state index is 15.2. The van der Waals surface area contributed by atoms with Gasteiger partial charge in [-0.15, -0.1) is 16.9 Å². The van der Waals surface area contributed by atoms with Crippen molar-refractivity contribution in [3.63, 3.8) is 0 Å². The third kappa shape index (κ3) is 3.02. The first kappa shape index (κ1) is 22.0. The van der Waals surface area contributed by atoms with Crippen LogP contribution in [0.5, 0.6) is 5.75 Å². The summed E-state index contributed by atoms with van der Waals surface area (Å²) >= 11 is 1.39. The van der Waals surface area contributed by atoms with Gasteiger partial charge in [0.1, 0.15) is 5.69 Å². The number of nitrogens with zero attached hydrogens (tertiary/aromatic N) is 6. The molecule has 3 aliphatic heterocycles. The van der Waals surface area contributed by atoms with Gasteiger partial charge in [0.2, 0.25) is 5.43 Å². The van der Waals surface area contributed by atoms with Crippen LogP contribution in [0, 0.1) is 11.6 Å². The molecule has 0 aliphatic carbocycles. The predicted octanol–water partition coefficient (Wildman–Crippen LogP) is 2.93. The predicted molar refractivity (Wildman–Crippen MR) is 129 cm³/mol. The summed E-state index contributed by atoms with van der Waals surface area (Å²) in [6, 6.07) is 10.7. The fourth-order valence-corrected chi connectivity index (χ4v) is 6.61. The summed E-state index contributed by atoms with van der Waals surface area (Å²) in [6.07, 6.45) is 2.23. The smallest absolute Gasteiger partial charge is 0.278 e. The van der Waals surface area contributed by atoms with Gasteiger partial charge >= 0.3 is 0 Å². The van der Waals surface area contributed by atoms with Crippen LogP contribution in [0.2, 0.25) is 0 Å². The topological polar surface area (TPSA) is 96.5 Å². The van der Waals surface area contributed by atoms with E-state index in [1.807, 2.05) is 29.3 Å². The molecule has 0 bridgehead atoms. The zero-order chi connectivity index (χ0) is 25.4. The van der Waals surface area contributed by atoms with Gasteiger partial charge in [0.05, 0.1) is 18.8 Å². The molecule has 4 aromatic rings. The van der Waals surface area contributed by atoms with Gasteiger partial charge in [0, 0.05) is 35.0 Å². The monoisotopic (exact) mass is 520 g/mol. The zero-order valence-electron chi connectivity index (χ0n) is 19.1. The molecular formula is C25H18F2N6O3S. The van der Waals surface area contributed by atoms with E-state index in [0.717, 1.165) is 16.5 Å². The van der Waals surface area contributed by atoms with E-state index >= 15 is 4.39 Å². The van der Waals surface area contributed by atoms with E-state index < -0.39 is 40.9 Å². The Morgan fingerprint density at radius 1 is 1.03 bits per heavy atom. The lowest BCUT2D eigenvalue weighted by Gasteiger charge is -2.51. The van der Waals surface area contributed by atoms with E-state index in [0.29, 0.717) is 17.8 Å². The number of aromatic hydroxyl groups is 1. The first-order valence-corrected chi connectivity index (χ1v) is 12.6. The summed E-state index contributed by atoms with van der Waals surface area (Å²) in [5, 5.41) is 20.8. The number of rotatable bonds is 1. The van der Waals surface area contributed by atoms with E-state index in [9.17, 15) is 19.1 Å². The van der Waals surface area contributed by atoms with Crippen LogP contribution >= 0.6 is 11.8 Å². The van der Waals surface area contributed by atoms with Gasteiger partial charge in [-0.3, -0.25) is 19.3 Å². The van der Waals surface area contributed by atoms with Crippen LogP contribution in [-0.4, -0.2) is 42.1 Å². The number of amides is 1. The van der Waals surface area contributed by atoms with Crippen LogP contribution in [0.3, 0.4) is 0 Å². The Kier molecular flexibility index (Phi) is 4.71. The van der Waals surface area contributed by atoms with Crippen LogP contribution < -0.4 is 10.4 Å². The van der Waals surface area contributed by atoms with Gasteiger partial charge in [-0.05, 0) is 23.3 Å². The van der Waals surface area contributed by atoms with Crippen LogP contribution in [-0.2, 0) is 12.3 Å². The molecule has 1 amide bonds. The minimum absolute atomic E-state index is 0.191. The molecule has 2 aromatic heterocycles. The summed E-state index contributed by atoms with van der Waals surface area (Å²) in [7, 11) is 0. The summed E-state index contributed by atoms with van der Waals surface area (Å²) < 4.78 is 32.8. The fraction of sp³-hybridized carbons (Fsp3) is 0.200. The molecule has 1 N–H and O–H groups in total. The Hall–Kier alpha value is -4.19. The number of pyridine rings is 1. The first-order valence-electron chi connectivity index (χ1n) is 11.6. The number of fused-ring (bicyclic) bond motifs is 6. The summed E-state index contributed by atoms with van der Waals surface area (Å²) in [5.41, 5.74) is 1.26. The molecule has 186 valence electrons. The van der Waals surface area contributed by atoms with Crippen molar-refractivity contribution >= 4 is 17.7 Å². The second-order valence-corrected chi connectivity index (χ2v) is 10.0. The van der Waals surface area contributed by atoms with Crippen molar-refractivity contribution in [2.24, 2.45) is 0 Å². The van der Waals surface area contributed by atoms with E-state index in [1.54, 1.807) is 21.8 Å². The minimum Gasteiger partial charge on any atom is -0.502 e. The van der Waals surface area contributed by atoms with Gasteiger partial charge in [-0.1, -0.05) is 29.5 Å². The Morgan fingerprint density at radius 2 is 1.86 bits per heavy atom. The normalized spacial score (nSPS) is 19.9. The molecule has 0 saturated heterocycles. The lowest BCUT2D eigenvalue weighted by atomic mass is 9.92. The van der Waals surface area contributed by atoms with Crippen molar-refractivity contribution < 1.29 is 18.7 Å². The molecule has 12 heteroatoms. The molecule has 2 aromatic carbocycles. The second-order valence-electron chi connectivity index (χ2n) is 9.01. The molecule has 0 radical (unpaired) electrons. The molecule has 5 heterocycles. The van der Waals surface area contributed by atoms with Crippen LogP contribution in [0.1, 0.15) is 45.1 Å². The van der Waals surface area contributed by atoms with Gasteiger partial charge in [0.15, 0.2) is 29.2 Å². The highest BCUT2D eigenvalue weighted by Gasteiger charge is 2.48. The van der Waals surface area contributed by atoms with Crippen molar-refractivity contribution in [3.8, 4) is 5.75 Å². The molecule has 2 atom stereocenters. The van der Waals surface area contributed by atoms with Gasteiger partial charge < -0.3 is 10.0 Å². The first-order chi connectivity index (χ1) is 18.0. The zero-order valence-corrected chi connectivity index (χ0v) is 19.9. The number of hydrogen-bond donors (Lipinski definition) is 1. The maximum Gasteiger partial charge on any atom is 0.278 e. The second kappa shape index (κ2) is 7.90. The minimum atomic E-state index is -0.943. The average Bonchev–Trinajstić information content (AvgIpc) is 3.32. The highest BCUT2D eigenvalue weighted by Crippen LogP contribution is 2.47. The van der Waals surface area contributed by atoms with Gasteiger partial charge in [-0.25, -0.2) is 13.5 Å². The molecule has 0 unspecified atom stereocenters. The van der Waals surface area contributed by atoms with E-state index in [-0.39, 0.29) is 23.6 Å². The molecule has 7 rings (SSSR count). The fourth-order valence-electron chi connectivity index (χ4n) is 5.49. The van der Waals surface area contributed by atoms with Crippen molar-refractivity contribution in [1.29, 1.82) is 0 Å². The number of carbonyl (C=O) groups excluding carboxylic acids is 1. The number of aromatic nitrogens is 4. The number of carbonyl (C=O) groups is 1. The van der Waals surface area contributed by atoms with E-state index in [1.165, 1.54) is 28.7 Å². The van der Waals surface area contributed by atoms with Crippen molar-refractivity contribution in [2.45, 2.75) is 29.4 Å². The Balaban J connectivity index is 1.58. The number of hydrogen-bond acceptors (Lipinski definition) is 7. The molecule has 0 saturated carbocycles. The molecule has 0 spiro atoms. The van der Waals surface area contributed by atoms with E-state index in [4.69, 9.17) is 0 Å². The van der Waals surface area contributed by atoms with Gasteiger partial charge in [-0.2, -0.15) is 0 Å². The highest BCUT2D eigenvalue weighted by atomic mass is 32.2. The number of benzene rings is 2.